The summed E-state index contributed by atoms with van der Waals surface area (Å²) in [4.78, 5) is 12.1. The maximum atomic E-state index is 12.1. The van der Waals surface area contributed by atoms with Gasteiger partial charge in [0.2, 0.25) is 0 Å². The number of hydrogen-bond acceptors (Lipinski definition) is 3. The summed E-state index contributed by atoms with van der Waals surface area (Å²) in [5.41, 5.74) is 2.21. The van der Waals surface area contributed by atoms with E-state index in [1.165, 1.54) is 0 Å². The minimum Gasteiger partial charge on any atom is -0.497 e. The van der Waals surface area contributed by atoms with Gasteiger partial charge >= 0.3 is 0 Å². The van der Waals surface area contributed by atoms with Gasteiger partial charge in [-0.15, -0.1) is 0 Å². The number of benzene rings is 1. The molecule has 22 heavy (non-hydrogen) atoms. The fourth-order valence-corrected chi connectivity index (χ4v) is 2.15. The van der Waals surface area contributed by atoms with E-state index in [4.69, 9.17) is 4.74 Å². The average molecular weight is 301 g/mol. The minimum absolute atomic E-state index is 0.134. The summed E-state index contributed by atoms with van der Waals surface area (Å²) in [7, 11) is 1.63. The lowest BCUT2D eigenvalue weighted by molar-refractivity contribution is 0.0946. The van der Waals surface area contributed by atoms with Crippen LogP contribution in [0.1, 0.15) is 36.5 Å². The first-order chi connectivity index (χ1) is 10.5. The highest BCUT2D eigenvalue weighted by atomic mass is 16.5. The van der Waals surface area contributed by atoms with Crippen LogP contribution in [0.3, 0.4) is 0 Å². The molecule has 0 aliphatic carbocycles. The molecule has 5 nitrogen and oxygen atoms in total. The van der Waals surface area contributed by atoms with Crippen LogP contribution in [0, 0.1) is 12.8 Å². The van der Waals surface area contributed by atoms with E-state index in [0.29, 0.717) is 18.2 Å². The molecule has 1 aromatic heterocycles. The Bertz CT molecular complexity index is 647. The number of amides is 1. The SMILES string of the molecule is COc1cccc(-n2nc(C(=O)NCCC(C)C)cc2C)c1. The van der Waals surface area contributed by atoms with Crippen molar-refractivity contribution < 1.29 is 9.53 Å². The Morgan fingerprint density at radius 3 is 2.82 bits per heavy atom. The topological polar surface area (TPSA) is 56.2 Å². The summed E-state index contributed by atoms with van der Waals surface area (Å²) in [5, 5.41) is 7.31. The van der Waals surface area contributed by atoms with Crippen LogP contribution in [0.15, 0.2) is 30.3 Å². The second-order valence-corrected chi connectivity index (χ2v) is 5.72. The van der Waals surface area contributed by atoms with Gasteiger partial charge in [-0.05, 0) is 37.5 Å². The molecule has 0 fully saturated rings. The lowest BCUT2D eigenvalue weighted by Crippen LogP contribution is -2.25. The second-order valence-electron chi connectivity index (χ2n) is 5.72. The lowest BCUT2D eigenvalue weighted by Gasteiger charge is -2.07. The van der Waals surface area contributed by atoms with Gasteiger partial charge in [-0.3, -0.25) is 4.79 Å². The van der Waals surface area contributed by atoms with Gasteiger partial charge in [-0.25, -0.2) is 4.68 Å². The van der Waals surface area contributed by atoms with Crippen LogP contribution in [-0.4, -0.2) is 29.3 Å². The summed E-state index contributed by atoms with van der Waals surface area (Å²) >= 11 is 0. The molecular weight excluding hydrogens is 278 g/mol. The van der Waals surface area contributed by atoms with Gasteiger partial charge in [0, 0.05) is 18.3 Å². The third kappa shape index (κ3) is 3.87. The highest BCUT2D eigenvalue weighted by Crippen LogP contribution is 2.18. The van der Waals surface area contributed by atoms with Gasteiger partial charge in [0.15, 0.2) is 5.69 Å². The fourth-order valence-electron chi connectivity index (χ4n) is 2.15. The van der Waals surface area contributed by atoms with Crippen LogP contribution in [0.5, 0.6) is 5.75 Å². The third-order valence-corrected chi connectivity index (χ3v) is 3.43. The summed E-state index contributed by atoms with van der Waals surface area (Å²) in [6.45, 7) is 6.86. The highest BCUT2D eigenvalue weighted by molar-refractivity contribution is 5.92. The number of aryl methyl sites for hydroxylation is 1. The number of carbonyl (C=O) groups is 1. The molecule has 1 aromatic carbocycles. The van der Waals surface area contributed by atoms with Crippen molar-refractivity contribution in [2.24, 2.45) is 5.92 Å². The Kier molecular flexibility index (Phi) is 5.20. The number of nitrogens with one attached hydrogen (secondary N) is 1. The Hall–Kier alpha value is -2.30. The predicted molar refractivity (Wildman–Crippen MR) is 86.6 cm³/mol. The second kappa shape index (κ2) is 7.11. The van der Waals surface area contributed by atoms with Crippen LogP contribution in [0.4, 0.5) is 0 Å². The third-order valence-electron chi connectivity index (χ3n) is 3.43. The zero-order valence-corrected chi connectivity index (χ0v) is 13.6. The molecule has 0 unspecified atom stereocenters. The summed E-state index contributed by atoms with van der Waals surface area (Å²) < 4.78 is 6.98. The van der Waals surface area contributed by atoms with E-state index in [1.807, 2.05) is 31.2 Å². The molecule has 2 aromatic rings. The molecule has 118 valence electrons. The van der Waals surface area contributed by atoms with Crippen molar-refractivity contribution in [1.29, 1.82) is 0 Å². The van der Waals surface area contributed by atoms with E-state index in [1.54, 1.807) is 17.9 Å². The molecule has 1 amide bonds. The van der Waals surface area contributed by atoms with E-state index in [9.17, 15) is 4.79 Å². The first-order valence-electron chi connectivity index (χ1n) is 7.50. The van der Waals surface area contributed by atoms with Crippen molar-refractivity contribution in [3.8, 4) is 11.4 Å². The Balaban J connectivity index is 2.15. The number of methoxy groups -OCH3 is 1. The van der Waals surface area contributed by atoms with Crippen molar-refractivity contribution in [3.05, 3.63) is 41.7 Å². The Labute approximate surface area is 131 Å². The molecule has 0 aliphatic rings. The maximum Gasteiger partial charge on any atom is 0.271 e. The molecule has 0 atom stereocenters. The quantitative estimate of drug-likeness (QED) is 0.892. The van der Waals surface area contributed by atoms with E-state index in [-0.39, 0.29) is 5.91 Å². The van der Waals surface area contributed by atoms with Gasteiger partial charge in [-0.1, -0.05) is 19.9 Å². The summed E-state index contributed by atoms with van der Waals surface area (Å²) in [5.74, 6) is 1.19. The molecular formula is C17H23N3O2. The molecule has 1 heterocycles. The van der Waals surface area contributed by atoms with Crippen molar-refractivity contribution in [1.82, 2.24) is 15.1 Å². The van der Waals surface area contributed by atoms with Crippen LogP contribution in [0.25, 0.3) is 5.69 Å². The van der Waals surface area contributed by atoms with Crippen molar-refractivity contribution in [2.75, 3.05) is 13.7 Å². The molecule has 0 spiro atoms. The molecule has 0 bridgehead atoms. The zero-order chi connectivity index (χ0) is 16.1. The van der Waals surface area contributed by atoms with Gasteiger partial charge in [-0.2, -0.15) is 5.10 Å². The molecule has 0 saturated carbocycles. The molecule has 5 heteroatoms. The Morgan fingerprint density at radius 2 is 2.14 bits per heavy atom. The standard InChI is InChI=1S/C17H23N3O2/c1-12(2)8-9-18-17(21)16-10-13(3)20(19-16)14-6-5-7-15(11-14)22-4/h5-7,10-12H,8-9H2,1-4H3,(H,18,21). The predicted octanol–water partition coefficient (Wildman–Crippen LogP) is 2.97. The van der Waals surface area contributed by atoms with E-state index in [0.717, 1.165) is 23.6 Å². The van der Waals surface area contributed by atoms with Crippen molar-refractivity contribution >= 4 is 5.91 Å². The molecule has 0 aliphatic heterocycles. The first-order valence-corrected chi connectivity index (χ1v) is 7.50. The van der Waals surface area contributed by atoms with Crippen molar-refractivity contribution in [3.63, 3.8) is 0 Å². The van der Waals surface area contributed by atoms with Gasteiger partial charge < -0.3 is 10.1 Å². The number of hydrogen-bond donors (Lipinski definition) is 1. The highest BCUT2D eigenvalue weighted by Gasteiger charge is 2.13. The van der Waals surface area contributed by atoms with E-state index < -0.39 is 0 Å². The first kappa shape index (κ1) is 16.1. The van der Waals surface area contributed by atoms with Gasteiger partial charge in [0.1, 0.15) is 5.75 Å². The largest absolute Gasteiger partial charge is 0.497 e. The van der Waals surface area contributed by atoms with Crippen molar-refractivity contribution in [2.45, 2.75) is 27.2 Å². The normalized spacial score (nSPS) is 10.8. The zero-order valence-electron chi connectivity index (χ0n) is 13.6. The number of nitrogens with zero attached hydrogens (tertiary/aromatic N) is 2. The van der Waals surface area contributed by atoms with Crippen LogP contribution < -0.4 is 10.1 Å². The van der Waals surface area contributed by atoms with Crippen LogP contribution >= 0.6 is 0 Å². The number of rotatable bonds is 6. The molecule has 2 rings (SSSR count). The number of aromatic nitrogens is 2. The van der Waals surface area contributed by atoms with E-state index in [2.05, 4.69) is 24.3 Å². The Morgan fingerprint density at radius 1 is 1.36 bits per heavy atom. The maximum absolute atomic E-state index is 12.1. The number of ether oxygens (including phenoxy) is 1. The minimum atomic E-state index is -0.134. The monoisotopic (exact) mass is 301 g/mol. The van der Waals surface area contributed by atoms with Gasteiger partial charge in [0.25, 0.3) is 5.91 Å². The van der Waals surface area contributed by atoms with Crippen LogP contribution in [0.2, 0.25) is 0 Å². The van der Waals surface area contributed by atoms with Gasteiger partial charge in [0.05, 0.1) is 12.8 Å². The number of carbonyl (C=O) groups excluding carboxylic acids is 1. The molecule has 0 radical (unpaired) electrons. The lowest BCUT2D eigenvalue weighted by atomic mass is 10.1. The smallest absolute Gasteiger partial charge is 0.271 e. The van der Waals surface area contributed by atoms with Crippen LogP contribution in [-0.2, 0) is 0 Å². The molecule has 0 saturated heterocycles. The summed E-state index contributed by atoms with van der Waals surface area (Å²) in [6, 6.07) is 9.40. The molecule has 1 N–H and O–H groups in total. The van der Waals surface area contributed by atoms with E-state index >= 15 is 0 Å². The summed E-state index contributed by atoms with van der Waals surface area (Å²) in [6.07, 6.45) is 0.960. The average Bonchev–Trinajstić information content (AvgIpc) is 2.89. The fraction of sp³-hybridized carbons (Fsp3) is 0.412.